The van der Waals surface area contributed by atoms with Crippen molar-refractivity contribution in [3.05, 3.63) is 28.0 Å². The quantitative estimate of drug-likeness (QED) is 0.478. The number of alkyl halides is 1. The van der Waals surface area contributed by atoms with E-state index in [-0.39, 0.29) is 17.7 Å². The molecule has 1 aromatic rings. The second-order valence-electron chi connectivity index (χ2n) is 3.78. The van der Waals surface area contributed by atoms with E-state index in [4.69, 9.17) is 9.15 Å². The summed E-state index contributed by atoms with van der Waals surface area (Å²) in [6, 6.07) is 2.41. The molecule has 7 nitrogen and oxygen atoms in total. The van der Waals surface area contributed by atoms with Gasteiger partial charge in [0.05, 0.1) is 25.3 Å². The predicted octanol–water partition coefficient (Wildman–Crippen LogP) is 1.42. The molecule has 0 spiro atoms. The summed E-state index contributed by atoms with van der Waals surface area (Å²) in [4.78, 5) is 23.6. The number of amides is 1. The van der Waals surface area contributed by atoms with E-state index in [1.54, 1.807) is 4.90 Å². The Kier molecular flexibility index (Phi) is 3.97. The molecular weight excluding hydrogens is 308 g/mol. The molecule has 0 aliphatic carbocycles. The smallest absolute Gasteiger partial charge is 0.395 e. The minimum atomic E-state index is -0.669. The lowest BCUT2D eigenvalue weighted by molar-refractivity contribution is -0.402. The van der Waals surface area contributed by atoms with Crippen molar-refractivity contribution in [2.45, 2.75) is 6.04 Å². The van der Waals surface area contributed by atoms with Gasteiger partial charge in [0.1, 0.15) is 4.92 Å². The maximum absolute atomic E-state index is 12.1. The Morgan fingerprint density at radius 3 is 3.00 bits per heavy atom. The summed E-state index contributed by atoms with van der Waals surface area (Å²) in [5, 5.41) is 11.1. The van der Waals surface area contributed by atoms with Crippen LogP contribution in [-0.4, -0.2) is 46.9 Å². The predicted molar refractivity (Wildman–Crippen MR) is 64.8 cm³/mol. The van der Waals surface area contributed by atoms with Crippen LogP contribution in [0.3, 0.4) is 0 Å². The standard InChI is InChI=1S/C10H11BrN2O5/c11-5-7-6-17-4-3-12(7)10(14)8-1-2-9(18-8)13(15)16/h1-2,7H,3-6H2. The van der Waals surface area contributed by atoms with Gasteiger partial charge in [0.25, 0.3) is 5.91 Å². The van der Waals surface area contributed by atoms with Crippen LogP contribution in [0.5, 0.6) is 0 Å². The fourth-order valence-corrected chi connectivity index (χ4v) is 2.27. The third kappa shape index (κ3) is 2.54. The first-order valence-corrected chi connectivity index (χ1v) is 6.44. The molecule has 1 fully saturated rings. The van der Waals surface area contributed by atoms with Crippen molar-refractivity contribution in [1.82, 2.24) is 4.90 Å². The van der Waals surface area contributed by atoms with Crippen molar-refractivity contribution >= 4 is 27.7 Å². The zero-order valence-electron chi connectivity index (χ0n) is 9.37. The molecule has 1 aliphatic heterocycles. The van der Waals surface area contributed by atoms with Crippen molar-refractivity contribution in [3.63, 3.8) is 0 Å². The van der Waals surface area contributed by atoms with Gasteiger partial charge in [-0.2, -0.15) is 0 Å². The summed E-state index contributed by atoms with van der Waals surface area (Å²) >= 11 is 3.31. The van der Waals surface area contributed by atoms with Gasteiger partial charge in [0.2, 0.25) is 0 Å². The average molecular weight is 319 g/mol. The second kappa shape index (κ2) is 5.49. The van der Waals surface area contributed by atoms with Gasteiger partial charge in [-0.25, -0.2) is 0 Å². The highest BCUT2D eigenvalue weighted by Crippen LogP contribution is 2.19. The molecule has 1 amide bonds. The molecule has 8 heteroatoms. The topological polar surface area (TPSA) is 85.8 Å². The lowest BCUT2D eigenvalue weighted by Gasteiger charge is -2.33. The SMILES string of the molecule is O=C(c1ccc([N+](=O)[O-])o1)N1CCOCC1CBr. The van der Waals surface area contributed by atoms with Gasteiger partial charge < -0.3 is 14.1 Å². The highest BCUT2D eigenvalue weighted by molar-refractivity contribution is 9.09. The number of rotatable bonds is 3. The van der Waals surface area contributed by atoms with Crippen LogP contribution in [-0.2, 0) is 4.74 Å². The van der Waals surface area contributed by atoms with Crippen LogP contribution in [0.1, 0.15) is 10.6 Å². The lowest BCUT2D eigenvalue weighted by Crippen LogP contribution is -2.49. The Bertz CT molecular complexity index is 461. The summed E-state index contributed by atoms with van der Waals surface area (Å²) < 4.78 is 10.2. The van der Waals surface area contributed by atoms with Crippen molar-refractivity contribution < 1.29 is 18.9 Å². The van der Waals surface area contributed by atoms with Gasteiger partial charge in [-0.1, -0.05) is 15.9 Å². The van der Waals surface area contributed by atoms with Crippen LogP contribution < -0.4 is 0 Å². The van der Waals surface area contributed by atoms with Crippen LogP contribution in [0, 0.1) is 10.1 Å². The number of furan rings is 1. The zero-order valence-corrected chi connectivity index (χ0v) is 11.0. The molecule has 18 heavy (non-hydrogen) atoms. The van der Waals surface area contributed by atoms with Crippen LogP contribution in [0.4, 0.5) is 5.88 Å². The van der Waals surface area contributed by atoms with Gasteiger partial charge in [-0.05, 0) is 6.07 Å². The highest BCUT2D eigenvalue weighted by Gasteiger charge is 2.30. The molecule has 0 bridgehead atoms. The van der Waals surface area contributed by atoms with E-state index in [2.05, 4.69) is 15.9 Å². The highest BCUT2D eigenvalue weighted by atomic mass is 79.9. The Labute approximate surface area is 111 Å². The normalized spacial score (nSPS) is 19.8. The lowest BCUT2D eigenvalue weighted by atomic mass is 10.2. The minimum Gasteiger partial charge on any atom is -0.395 e. The number of carbonyl (C=O) groups excluding carboxylic acids is 1. The second-order valence-corrected chi connectivity index (χ2v) is 4.42. The maximum Gasteiger partial charge on any atom is 0.433 e. The van der Waals surface area contributed by atoms with Gasteiger partial charge in [0, 0.05) is 11.9 Å². The van der Waals surface area contributed by atoms with Gasteiger partial charge in [-0.15, -0.1) is 0 Å². The molecule has 1 aliphatic rings. The molecule has 0 N–H and O–H groups in total. The Hall–Kier alpha value is -1.41. The number of hydrogen-bond acceptors (Lipinski definition) is 5. The van der Waals surface area contributed by atoms with E-state index >= 15 is 0 Å². The zero-order chi connectivity index (χ0) is 13.1. The summed E-state index contributed by atoms with van der Waals surface area (Å²) in [5.74, 6) is -0.799. The fraction of sp³-hybridized carbons (Fsp3) is 0.500. The van der Waals surface area contributed by atoms with Gasteiger partial charge in [-0.3, -0.25) is 14.9 Å². The first-order chi connectivity index (χ1) is 8.63. The van der Waals surface area contributed by atoms with Crippen LogP contribution in [0.15, 0.2) is 16.5 Å². The van der Waals surface area contributed by atoms with Crippen molar-refractivity contribution in [3.8, 4) is 0 Å². The Morgan fingerprint density at radius 1 is 1.61 bits per heavy atom. The molecule has 1 atom stereocenters. The van der Waals surface area contributed by atoms with Crippen molar-refractivity contribution in [1.29, 1.82) is 0 Å². The summed E-state index contributed by atoms with van der Waals surface area (Å²) in [7, 11) is 0. The summed E-state index contributed by atoms with van der Waals surface area (Å²) in [6.45, 7) is 1.35. The van der Waals surface area contributed by atoms with E-state index in [1.165, 1.54) is 12.1 Å². The largest absolute Gasteiger partial charge is 0.433 e. The van der Waals surface area contributed by atoms with Gasteiger partial charge in [0.15, 0.2) is 5.76 Å². The fourth-order valence-electron chi connectivity index (χ4n) is 1.73. The Balaban J connectivity index is 2.15. The molecule has 1 unspecified atom stereocenters. The molecule has 0 radical (unpaired) electrons. The molecule has 0 aromatic carbocycles. The average Bonchev–Trinajstić information content (AvgIpc) is 2.87. The first kappa shape index (κ1) is 13.0. The number of nitrogens with zero attached hydrogens (tertiary/aromatic N) is 2. The number of halogens is 1. The number of ether oxygens (including phenoxy) is 1. The maximum atomic E-state index is 12.1. The van der Waals surface area contributed by atoms with Crippen LogP contribution in [0.2, 0.25) is 0 Å². The molecule has 98 valence electrons. The number of hydrogen-bond donors (Lipinski definition) is 0. The van der Waals surface area contributed by atoms with E-state index < -0.39 is 10.8 Å². The first-order valence-electron chi connectivity index (χ1n) is 5.32. The third-order valence-electron chi connectivity index (χ3n) is 2.65. The third-order valence-corrected chi connectivity index (χ3v) is 3.40. The molecular formula is C10H11BrN2O5. The van der Waals surface area contributed by atoms with E-state index in [9.17, 15) is 14.9 Å². The van der Waals surface area contributed by atoms with E-state index in [0.717, 1.165) is 0 Å². The molecule has 1 aromatic heterocycles. The summed E-state index contributed by atoms with van der Waals surface area (Å²) in [5.41, 5.74) is 0. The van der Waals surface area contributed by atoms with E-state index in [0.29, 0.717) is 25.1 Å². The Morgan fingerprint density at radius 2 is 2.39 bits per heavy atom. The minimum absolute atomic E-state index is 0.0189. The number of carbonyl (C=O) groups is 1. The van der Waals surface area contributed by atoms with Crippen LogP contribution in [0.25, 0.3) is 0 Å². The number of morpholine rings is 1. The molecule has 2 rings (SSSR count). The molecule has 0 saturated carbocycles. The van der Waals surface area contributed by atoms with E-state index in [1.807, 2.05) is 0 Å². The summed E-state index contributed by atoms with van der Waals surface area (Å²) in [6.07, 6.45) is 0. The van der Waals surface area contributed by atoms with Crippen LogP contribution >= 0.6 is 15.9 Å². The number of nitro groups is 1. The molecule has 1 saturated heterocycles. The molecule has 2 heterocycles. The van der Waals surface area contributed by atoms with Gasteiger partial charge >= 0.3 is 5.88 Å². The van der Waals surface area contributed by atoms with Crippen molar-refractivity contribution in [2.75, 3.05) is 25.1 Å². The monoisotopic (exact) mass is 318 g/mol. The van der Waals surface area contributed by atoms with Crippen molar-refractivity contribution in [2.24, 2.45) is 0 Å².